The summed E-state index contributed by atoms with van der Waals surface area (Å²) >= 11 is 0. The predicted octanol–water partition coefficient (Wildman–Crippen LogP) is 0.528. The van der Waals surface area contributed by atoms with Gasteiger partial charge in [0.15, 0.2) is 12.0 Å². The van der Waals surface area contributed by atoms with Gasteiger partial charge in [-0.3, -0.25) is 14.4 Å². The molecule has 1 aromatic heterocycles. The number of hydrogen-bond donors (Lipinski definition) is 1. The number of ketones is 1. The van der Waals surface area contributed by atoms with Gasteiger partial charge >= 0.3 is 15.0 Å². The van der Waals surface area contributed by atoms with Crippen LogP contribution in [0, 0.1) is 5.21 Å². The van der Waals surface area contributed by atoms with Gasteiger partial charge in [-0.15, -0.1) is 0 Å². The SMILES string of the molecule is CCCC(NC(=O)c1ccc(N(C)C)cc1)C(=O)N1CCC2C1C(=O)CN2S(=O)(=O)c1cccc[n+]1[O-]. The van der Waals surface area contributed by atoms with Gasteiger partial charge in [-0.1, -0.05) is 13.3 Å². The molecule has 0 saturated carbocycles. The van der Waals surface area contributed by atoms with E-state index in [9.17, 15) is 28.0 Å². The minimum atomic E-state index is -4.25. The van der Waals surface area contributed by atoms with Crippen molar-refractivity contribution in [2.24, 2.45) is 0 Å². The number of likely N-dealkylation sites (tertiary alicyclic amines) is 1. The van der Waals surface area contributed by atoms with Crippen molar-refractivity contribution >= 4 is 33.3 Å². The van der Waals surface area contributed by atoms with Gasteiger partial charge in [-0.25, -0.2) is 8.42 Å². The molecule has 2 aromatic rings. The molecule has 4 rings (SSSR count). The minimum Gasteiger partial charge on any atom is -0.618 e. The van der Waals surface area contributed by atoms with Crippen molar-refractivity contribution < 1.29 is 27.5 Å². The summed E-state index contributed by atoms with van der Waals surface area (Å²) in [7, 11) is -0.465. The maximum atomic E-state index is 13.5. The predicted molar refractivity (Wildman–Crippen MR) is 135 cm³/mol. The van der Waals surface area contributed by atoms with Crippen LogP contribution in [0.4, 0.5) is 5.69 Å². The smallest absolute Gasteiger partial charge is 0.323 e. The van der Waals surface area contributed by atoms with Crippen LogP contribution in [0.3, 0.4) is 0 Å². The number of amides is 2. The van der Waals surface area contributed by atoms with E-state index in [4.69, 9.17) is 0 Å². The number of carbonyl (C=O) groups excluding carboxylic acids is 3. The lowest BCUT2D eigenvalue weighted by molar-refractivity contribution is -0.646. The first kappa shape index (κ1) is 26.6. The third kappa shape index (κ3) is 5.03. The highest BCUT2D eigenvalue weighted by Crippen LogP contribution is 2.34. The first-order valence-corrected chi connectivity index (χ1v) is 13.6. The zero-order valence-corrected chi connectivity index (χ0v) is 21.8. The summed E-state index contributed by atoms with van der Waals surface area (Å²) in [6, 6.07) is 8.43. The topological polar surface area (TPSA) is 134 Å². The first-order chi connectivity index (χ1) is 17.6. The van der Waals surface area contributed by atoms with Crippen LogP contribution in [0.5, 0.6) is 0 Å². The van der Waals surface area contributed by atoms with Crippen molar-refractivity contribution in [3.05, 3.63) is 59.4 Å². The van der Waals surface area contributed by atoms with E-state index in [2.05, 4.69) is 5.32 Å². The van der Waals surface area contributed by atoms with Crippen LogP contribution < -0.4 is 14.9 Å². The van der Waals surface area contributed by atoms with Crippen molar-refractivity contribution in [1.29, 1.82) is 0 Å². The lowest BCUT2D eigenvalue weighted by atomic mass is 10.1. The number of pyridine rings is 1. The maximum Gasteiger partial charge on any atom is 0.323 e. The first-order valence-electron chi connectivity index (χ1n) is 12.2. The Balaban J connectivity index is 1.52. The van der Waals surface area contributed by atoms with Crippen molar-refractivity contribution in [3.8, 4) is 0 Å². The van der Waals surface area contributed by atoms with E-state index < -0.39 is 57.3 Å². The Morgan fingerprint density at radius 3 is 2.51 bits per heavy atom. The van der Waals surface area contributed by atoms with Gasteiger partial charge in [0.1, 0.15) is 12.1 Å². The van der Waals surface area contributed by atoms with Gasteiger partial charge in [0.05, 0.1) is 12.6 Å². The number of nitrogens with zero attached hydrogens (tertiary/aromatic N) is 4. The lowest BCUT2D eigenvalue weighted by Crippen LogP contribution is -2.52. The molecule has 0 spiro atoms. The number of rotatable bonds is 8. The quantitative estimate of drug-likeness (QED) is 0.389. The van der Waals surface area contributed by atoms with Gasteiger partial charge in [-0.05, 0) is 43.2 Å². The van der Waals surface area contributed by atoms with Crippen LogP contribution in [0.1, 0.15) is 36.5 Å². The maximum absolute atomic E-state index is 13.5. The summed E-state index contributed by atoms with van der Waals surface area (Å²) in [5, 5.41) is 14.4. The minimum absolute atomic E-state index is 0.172. The number of Topliss-reactive ketones (excluding diaryl/α,β-unsaturated/α-hetero) is 1. The highest BCUT2D eigenvalue weighted by atomic mass is 32.2. The second-order valence-corrected chi connectivity index (χ2v) is 11.3. The summed E-state index contributed by atoms with van der Waals surface area (Å²) in [4.78, 5) is 42.7. The number of nitrogens with one attached hydrogen (secondary N) is 1. The fraction of sp³-hybridized carbons (Fsp3) is 0.440. The highest BCUT2D eigenvalue weighted by Gasteiger charge is 2.55. The van der Waals surface area contributed by atoms with E-state index in [0.717, 1.165) is 16.2 Å². The zero-order valence-electron chi connectivity index (χ0n) is 21.0. The number of fused-ring (bicyclic) bond motifs is 1. The molecule has 0 bridgehead atoms. The molecule has 12 heteroatoms. The standard InChI is InChI=1S/C25H31N5O6S/c1-4-7-19(26-24(32)17-9-11-18(12-10-17)27(2)3)25(33)28-15-13-20-23(28)21(31)16-30(20)37(35,36)22-8-5-6-14-29(22)34/h5-6,8-12,14,19-20,23H,4,7,13,15-16H2,1-3H3,(H,26,32). The zero-order chi connectivity index (χ0) is 26.9. The van der Waals surface area contributed by atoms with Crippen LogP contribution in [-0.4, -0.2) is 80.5 Å². The third-order valence-corrected chi connectivity index (χ3v) is 8.71. The molecule has 3 heterocycles. The summed E-state index contributed by atoms with van der Waals surface area (Å²) in [5.74, 6) is -1.23. The Morgan fingerprint density at radius 1 is 1.19 bits per heavy atom. The van der Waals surface area contributed by atoms with Crippen LogP contribution in [0.15, 0.2) is 53.7 Å². The number of anilines is 1. The Morgan fingerprint density at radius 2 is 1.89 bits per heavy atom. The largest absolute Gasteiger partial charge is 0.618 e. The Labute approximate surface area is 216 Å². The van der Waals surface area contributed by atoms with E-state index in [1.807, 2.05) is 25.9 Å². The summed E-state index contributed by atoms with van der Waals surface area (Å²) < 4.78 is 27.7. The number of hydrogen-bond acceptors (Lipinski definition) is 7. The van der Waals surface area contributed by atoms with Crippen LogP contribution in [0.25, 0.3) is 0 Å². The monoisotopic (exact) mass is 529 g/mol. The number of benzene rings is 1. The van der Waals surface area contributed by atoms with Gasteiger partial charge in [0.2, 0.25) is 5.91 Å². The van der Waals surface area contributed by atoms with Gasteiger partial charge in [-0.2, -0.15) is 9.04 Å². The molecule has 3 unspecified atom stereocenters. The highest BCUT2D eigenvalue weighted by molar-refractivity contribution is 7.89. The summed E-state index contributed by atoms with van der Waals surface area (Å²) in [6.07, 6.45) is 2.32. The molecule has 2 amide bonds. The molecule has 2 aliphatic rings. The lowest BCUT2D eigenvalue weighted by Gasteiger charge is -2.28. The average Bonchev–Trinajstić information content (AvgIpc) is 3.45. The van der Waals surface area contributed by atoms with Crippen molar-refractivity contribution in [1.82, 2.24) is 14.5 Å². The van der Waals surface area contributed by atoms with Crippen LogP contribution >= 0.6 is 0 Å². The Kier molecular flexibility index (Phi) is 7.51. The average molecular weight is 530 g/mol. The van der Waals surface area contributed by atoms with Crippen LogP contribution in [-0.2, 0) is 19.6 Å². The normalized spacial score (nSPS) is 20.5. The molecule has 11 nitrogen and oxygen atoms in total. The molecule has 37 heavy (non-hydrogen) atoms. The van der Waals surface area contributed by atoms with E-state index in [0.29, 0.717) is 18.4 Å². The van der Waals surface area contributed by atoms with E-state index >= 15 is 0 Å². The van der Waals surface area contributed by atoms with Crippen LogP contribution in [0.2, 0.25) is 0 Å². The molecular weight excluding hydrogens is 498 g/mol. The fourth-order valence-corrected chi connectivity index (χ4v) is 6.63. The number of sulfonamides is 1. The molecule has 0 radical (unpaired) electrons. The molecule has 198 valence electrons. The second kappa shape index (κ2) is 10.5. The fourth-order valence-electron chi connectivity index (χ4n) is 4.97. The molecule has 2 aliphatic heterocycles. The van der Waals surface area contributed by atoms with Crippen molar-refractivity contribution in [2.75, 3.05) is 32.1 Å². The number of aromatic nitrogens is 1. The molecule has 1 N–H and O–H groups in total. The van der Waals surface area contributed by atoms with E-state index in [1.165, 1.54) is 23.1 Å². The Hall–Kier alpha value is -3.51. The molecule has 3 atom stereocenters. The van der Waals surface area contributed by atoms with Crippen molar-refractivity contribution in [3.63, 3.8) is 0 Å². The molecule has 2 fully saturated rings. The molecule has 2 saturated heterocycles. The number of carbonyl (C=O) groups is 3. The third-order valence-electron chi connectivity index (χ3n) is 6.85. The molecular formula is C25H31N5O6S. The molecule has 0 aliphatic carbocycles. The van der Waals surface area contributed by atoms with Gasteiger partial charge in [0, 0.05) is 44.0 Å². The van der Waals surface area contributed by atoms with Crippen molar-refractivity contribution in [2.45, 2.75) is 49.3 Å². The Bertz CT molecular complexity index is 1300. The van der Waals surface area contributed by atoms with Gasteiger partial charge in [0.25, 0.3) is 5.91 Å². The molecule has 1 aromatic carbocycles. The van der Waals surface area contributed by atoms with E-state index in [1.54, 1.807) is 24.3 Å². The summed E-state index contributed by atoms with van der Waals surface area (Å²) in [6.45, 7) is 1.64. The van der Waals surface area contributed by atoms with E-state index in [-0.39, 0.29) is 17.7 Å². The summed E-state index contributed by atoms with van der Waals surface area (Å²) in [5.41, 5.74) is 1.33. The second-order valence-electron chi connectivity index (χ2n) is 9.47. The van der Waals surface area contributed by atoms with Gasteiger partial charge < -0.3 is 20.3 Å².